The van der Waals surface area contributed by atoms with Gasteiger partial charge in [0, 0.05) is 28.2 Å². The second-order valence-electron chi connectivity index (χ2n) is 14.1. The van der Waals surface area contributed by atoms with Crippen LogP contribution in [0.2, 0.25) is 0 Å². The molecule has 0 unspecified atom stereocenters. The van der Waals surface area contributed by atoms with Crippen LogP contribution in [-0.2, 0) is 5.41 Å². The van der Waals surface area contributed by atoms with E-state index in [1.54, 1.807) is 0 Å². The molecule has 0 heterocycles. The molecule has 1 aliphatic rings. The fourth-order valence-corrected chi connectivity index (χ4v) is 7.37. The van der Waals surface area contributed by atoms with Crippen LogP contribution >= 0.6 is 0 Å². The van der Waals surface area contributed by atoms with Gasteiger partial charge in [0.15, 0.2) is 0 Å². The maximum absolute atomic E-state index is 3.93. The van der Waals surface area contributed by atoms with E-state index in [-0.39, 0.29) is 5.41 Å². The number of para-hydroxylation sites is 2. The molecule has 1 aliphatic carbocycles. The third-order valence-corrected chi connectivity index (χ3v) is 10.2. The molecule has 4 nitrogen and oxygen atoms in total. The van der Waals surface area contributed by atoms with E-state index in [2.05, 4.69) is 182 Å². The summed E-state index contributed by atoms with van der Waals surface area (Å²) < 4.78 is 0. The van der Waals surface area contributed by atoms with E-state index in [1.165, 1.54) is 52.6 Å². The Labute approximate surface area is 298 Å². The van der Waals surface area contributed by atoms with Crippen molar-refractivity contribution in [3.63, 3.8) is 0 Å². The van der Waals surface area contributed by atoms with Crippen LogP contribution in [0.3, 0.4) is 0 Å². The van der Waals surface area contributed by atoms with Gasteiger partial charge in [-0.25, -0.2) is 0 Å². The first-order valence-electron chi connectivity index (χ1n) is 18.0. The molecule has 0 saturated heterocycles. The van der Waals surface area contributed by atoms with Gasteiger partial charge in [0.25, 0.3) is 0 Å². The Balaban J connectivity index is 1.42. The number of rotatable bonds is 10. The van der Waals surface area contributed by atoms with E-state index in [1.807, 2.05) is 0 Å². The molecule has 0 aromatic heterocycles. The summed E-state index contributed by atoms with van der Waals surface area (Å²) in [6, 6.07) is 48.4. The van der Waals surface area contributed by atoms with E-state index < -0.39 is 0 Å². The minimum Gasteiger partial charge on any atom is -0.354 e. The lowest BCUT2D eigenvalue weighted by Crippen LogP contribution is -2.32. The van der Waals surface area contributed by atoms with Gasteiger partial charge in [0.05, 0.1) is 22.7 Å². The quantitative estimate of drug-likeness (QED) is 0.119. The van der Waals surface area contributed by atoms with Crippen LogP contribution in [0, 0.1) is 27.7 Å². The van der Waals surface area contributed by atoms with E-state index in [4.69, 9.17) is 0 Å². The number of hydrogen-bond donors (Lipinski definition) is 4. The number of anilines is 8. The van der Waals surface area contributed by atoms with Crippen LogP contribution < -0.4 is 21.3 Å². The van der Waals surface area contributed by atoms with Crippen molar-refractivity contribution in [1.82, 2.24) is 0 Å². The maximum Gasteiger partial charge on any atom is 0.0665 e. The summed E-state index contributed by atoms with van der Waals surface area (Å²) in [5.74, 6) is 0. The molecule has 0 bridgehead atoms. The minimum atomic E-state index is -0.242. The lowest BCUT2D eigenvalue weighted by atomic mass is 9.64. The average molecular weight is 657 g/mol. The zero-order valence-corrected chi connectivity index (χ0v) is 29.7. The van der Waals surface area contributed by atoms with Gasteiger partial charge in [0.1, 0.15) is 0 Å². The molecule has 252 valence electrons. The normalized spacial score (nSPS) is 13.8. The third kappa shape index (κ3) is 7.25. The Bertz CT molecular complexity index is 1890. The van der Waals surface area contributed by atoms with Crippen molar-refractivity contribution in [3.8, 4) is 0 Å². The van der Waals surface area contributed by atoms with Crippen LogP contribution in [0.1, 0.15) is 65.5 Å². The first kappa shape index (κ1) is 33.0. The van der Waals surface area contributed by atoms with Crippen LogP contribution in [0.15, 0.2) is 133 Å². The SMILES string of the molecule is Cc1ccc(Nc2cccc(C3(c4cccc(Nc5ccc(C)cc5)c4Nc4ccc(C)cc4)CCCCC3)c2Nc2ccc(C)cc2)cc1. The molecule has 0 amide bonds. The molecule has 0 spiro atoms. The van der Waals surface area contributed by atoms with Crippen LogP contribution in [-0.4, -0.2) is 0 Å². The molecule has 0 radical (unpaired) electrons. The van der Waals surface area contributed by atoms with E-state index in [0.717, 1.165) is 58.3 Å². The highest BCUT2D eigenvalue weighted by Gasteiger charge is 2.40. The highest BCUT2D eigenvalue weighted by molar-refractivity contribution is 5.86. The van der Waals surface area contributed by atoms with E-state index in [9.17, 15) is 0 Å². The van der Waals surface area contributed by atoms with Crippen molar-refractivity contribution in [1.29, 1.82) is 0 Å². The Morgan fingerprint density at radius 3 is 1.02 bits per heavy atom. The molecule has 7 rings (SSSR count). The number of benzene rings is 6. The van der Waals surface area contributed by atoms with Gasteiger partial charge in [-0.05, 0) is 112 Å². The molecule has 1 fully saturated rings. The fraction of sp³-hybridized carbons (Fsp3) is 0.217. The number of nitrogens with one attached hydrogen (secondary N) is 4. The number of hydrogen-bond acceptors (Lipinski definition) is 4. The Hall–Kier alpha value is -5.48. The molecule has 4 N–H and O–H groups in total. The number of aryl methyl sites for hydroxylation is 4. The van der Waals surface area contributed by atoms with Gasteiger partial charge < -0.3 is 21.3 Å². The smallest absolute Gasteiger partial charge is 0.0665 e. The minimum absolute atomic E-state index is 0.242. The molecular weight excluding hydrogens is 609 g/mol. The molecule has 6 aromatic rings. The standard InChI is InChI=1S/C46H48N4/c1-32-14-22-36(23-15-32)47-42-12-8-10-40(44(42)49-38-26-18-34(3)19-27-38)46(30-6-5-7-31-46)41-11-9-13-43(48-37-24-16-33(2)17-25-37)45(41)50-39-28-20-35(4)21-29-39/h8-29,47-50H,5-7,30-31H2,1-4H3. The molecule has 50 heavy (non-hydrogen) atoms. The summed E-state index contributed by atoms with van der Waals surface area (Å²) in [4.78, 5) is 0. The fourth-order valence-electron chi connectivity index (χ4n) is 7.37. The zero-order valence-electron chi connectivity index (χ0n) is 29.7. The molecular formula is C46H48N4. The summed E-state index contributed by atoms with van der Waals surface area (Å²) in [6.07, 6.45) is 5.68. The predicted octanol–water partition coefficient (Wildman–Crippen LogP) is 13.1. The van der Waals surface area contributed by atoms with E-state index in [0.29, 0.717) is 0 Å². The monoisotopic (exact) mass is 656 g/mol. The van der Waals surface area contributed by atoms with Crippen LogP contribution in [0.25, 0.3) is 0 Å². The first-order chi connectivity index (χ1) is 24.4. The topological polar surface area (TPSA) is 48.1 Å². The second-order valence-corrected chi connectivity index (χ2v) is 14.1. The van der Waals surface area contributed by atoms with Crippen molar-refractivity contribution in [3.05, 3.63) is 167 Å². The van der Waals surface area contributed by atoms with Crippen molar-refractivity contribution < 1.29 is 0 Å². The lowest BCUT2D eigenvalue weighted by Gasteiger charge is -2.42. The summed E-state index contributed by atoms with van der Waals surface area (Å²) in [7, 11) is 0. The molecule has 0 atom stereocenters. The maximum atomic E-state index is 3.93. The molecule has 1 saturated carbocycles. The van der Waals surface area contributed by atoms with Gasteiger partial charge in [-0.1, -0.05) is 114 Å². The van der Waals surface area contributed by atoms with Crippen molar-refractivity contribution in [2.45, 2.75) is 65.2 Å². The Kier molecular flexibility index (Phi) is 9.62. The third-order valence-electron chi connectivity index (χ3n) is 10.2. The first-order valence-corrected chi connectivity index (χ1v) is 18.0. The Morgan fingerprint density at radius 2 is 0.680 bits per heavy atom. The summed E-state index contributed by atoms with van der Waals surface area (Å²) in [5, 5.41) is 15.5. The van der Waals surface area contributed by atoms with Crippen LogP contribution in [0.4, 0.5) is 45.5 Å². The van der Waals surface area contributed by atoms with Crippen molar-refractivity contribution >= 4 is 45.5 Å². The van der Waals surface area contributed by atoms with Crippen molar-refractivity contribution in [2.24, 2.45) is 0 Å². The summed E-state index contributed by atoms with van der Waals surface area (Å²) in [6.45, 7) is 8.54. The average Bonchev–Trinajstić information content (AvgIpc) is 3.13. The largest absolute Gasteiger partial charge is 0.354 e. The second kappa shape index (κ2) is 14.6. The highest BCUT2D eigenvalue weighted by Crippen LogP contribution is 2.53. The Morgan fingerprint density at radius 1 is 0.360 bits per heavy atom. The van der Waals surface area contributed by atoms with Gasteiger partial charge in [-0.2, -0.15) is 0 Å². The van der Waals surface area contributed by atoms with Gasteiger partial charge >= 0.3 is 0 Å². The van der Waals surface area contributed by atoms with Gasteiger partial charge in [-0.15, -0.1) is 0 Å². The molecule has 0 aliphatic heterocycles. The lowest BCUT2D eigenvalue weighted by molar-refractivity contribution is 0.348. The van der Waals surface area contributed by atoms with Gasteiger partial charge in [0.2, 0.25) is 0 Å². The van der Waals surface area contributed by atoms with Crippen molar-refractivity contribution in [2.75, 3.05) is 21.3 Å². The summed E-state index contributed by atoms with van der Waals surface area (Å²) >= 11 is 0. The molecule has 4 heteroatoms. The molecule has 6 aromatic carbocycles. The predicted molar refractivity (Wildman–Crippen MR) is 215 cm³/mol. The van der Waals surface area contributed by atoms with E-state index >= 15 is 0 Å². The van der Waals surface area contributed by atoms with Gasteiger partial charge in [-0.3, -0.25) is 0 Å². The van der Waals surface area contributed by atoms with Crippen LogP contribution in [0.5, 0.6) is 0 Å². The highest BCUT2D eigenvalue weighted by atomic mass is 15.0. The zero-order chi connectivity index (χ0) is 34.5. The summed E-state index contributed by atoms with van der Waals surface area (Å²) in [5.41, 5.74) is 16.1.